The zero-order chi connectivity index (χ0) is 14.6. The summed E-state index contributed by atoms with van der Waals surface area (Å²) in [4.78, 5) is 48.2. The molecule has 0 spiro atoms. The summed E-state index contributed by atoms with van der Waals surface area (Å²) < 4.78 is 0. The molecule has 9 heteroatoms. The molecule has 19 heavy (non-hydrogen) atoms. The monoisotopic (exact) mass is 273 g/mol. The van der Waals surface area contributed by atoms with Crippen molar-refractivity contribution < 1.29 is 39.3 Å². The molecule has 0 saturated heterocycles. The van der Waals surface area contributed by atoms with Crippen LogP contribution in [0.4, 0.5) is 0 Å². The summed E-state index contributed by atoms with van der Waals surface area (Å²) in [6.45, 7) is 0.00893. The Balaban J connectivity index is 2.64. The molecule has 0 fully saturated rings. The van der Waals surface area contributed by atoms with E-state index in [0.717, 1.165) is 6.08 Å². The topological polar surface area (TPSA) is 141 Å². The van der Waals surface area contributed by atoms with Crippen LogP contribution < -0.4 is 0 Å². The number of carbonyl (C=O) groups is 4. The Morgan fingerprint density at radius 2 is 1.95 bits per heavy atom. The Labute approximate surface area is 106 Å². The fourth-order valence-electron chi connectivity index (χ4n) is 1.36. The van der Waals surface area contributed by atoms with Gasteiger partial charge in [0.05, 0.1) is 19.4 Å². The van der Waals surface area contributed by atoms with Crippen molar-refractivity contribution >= 4 is 23.8 Å². The van der Waals surface area contributed by atoms with Gasteiger partial charge in [-0.3, -0.25) is 9.59 Å². The minimum absolute atomic E-state index is 0.00893. The van der Waals surface area contributed by atoms with Crippen molar-refractivity contribution in [3.8, 4) is 0 Å². The smallest absolute Gasteiger partial charge is 0.336 e. The van der Waals surface area contributed by atoms with Gasteiger partial charge in [0.1, 0.15) is 0 Å². The molecule has 0 bridgehead atoms. The lowest BCUT2D eigenvalue weighted by molar-refractivity contribution is -0.198. The summed E-state index contributed by atoms with van der Waals surface area (Å²) >= 11 is 0. The van der Waals surface area contributed by atoms with Gasteiger partial charge in [0.25, 0.3) is 5.91 Å². The molecular weight excluding hydrogens is 262 g/mol. The molecule has 0 radical (unpaired) electrons. The average molecular weight is 273 g/mol. The maximum Gasteiger partial charge on any atom is 0.336 e. The first-order chi connectivity index (χ1) is 8.74. The molecule has 9 nitrogen and oxygen atoms in total. The van der Waals surface area contributed by atoms with E-state index in [2.05, 4.69) is 4.84 Å². The molecule has 1 rings (SSSR count). The molecule has 0 aromatic heterocycles. The van der Waals surface area contributed by atoms with Gasteiger partial charge in [0.2, 0.25) is 0 Å². The van der Waals surface area contributed by atoms with Crippen LogP contribution in [0.25, 0.3) is 0 Å². The zero-order valence-electron chi connectivity index (χ0n) is 9.61. The van der Waals surface area contributed by atoms with E-state index in [4.69, 9.17) is 10.2 Å². The number of hydroxylamine groups is 2. The number of hydrogen-bond donors (Lipinski definition) is 3. The third-order valence-electron chi connectivity index (χ3n) is 2.27. The zero-order valence-corrected chi connectivity index (χ0v) is 9.61. The fourth-order valence-corrected chi connectivity index (χ4v) is 1.36. The van der Waals surface area contributed by atoms with Gasteiger partial charge in [-0.2, -0.15) is 5.06 Å². The number of amides is 1. The van der Waals surface area contributed by atoms with E-state index in [-0.39, 0.29) is 6.54 Å². The van der Waals surface area contributed by atoms with E-state index in [1.54, 1.807) is 0 Å². The summed E-state index contributed by atoms with van der Waals surface area (Å²) in [5, 5.41) is 27.4. The van der Waals surface area contributed by atoms with Gasteiger partial charge in [-0.05, 0) is 0 Å². The van der Waals surface area contributed by atoms with Crippen LogP contribution in [-0.2, 0) is 24.0 Å². The first-order valence-electron chi connectivity index (χ1n) is 5.11. The van der Waals surface area contributed by atoms with Crippen molar-refractivity contribution in [2.45, 2.75) is 18.4 Å². The largest absolute Gasteiger partial charge is 0.481 e. The van der Waals surface area contributed by atoms with Crippen LogP contribution in [-0.4, -0.2) is 56.3 Å². The molecule has 0 aromatic carbocycles. The second kappa shape index (κ2) is 5.48. The molecule has 3 N–H and O–H groups in total. The SMILES string of the molecule is O=C(O)CC(O)(CC(=O)ON1CC=CC1=O)C(=O)O. The number of nitrogens with zero attached hydrogens (tertiary/aromatic N) is 1. The van der Waals surface area contributed by atoms with Gasteiger partial charge in [-0.15, -0.1) is 0 Å². The van der Waals surface area contributed by atoms with Crippen molar-refractivity contribution in [1.29, 1.82) is 0 Å². The Morgan fingerprint density at radius 1 is 1.32 bits per heavy atom. The molecule has 1 heterocycles. The molecule has 0 saturated carbocycles. The van der Waals surface area contributed by atoms with E-state index < -0.39 is 42.3 Å². The first kappa shape index (κ1) is 14.6. The maximum atomic E-state index is 11.4. The summed E-state index contributed by atoms with van der Waals surface area (Å²) in [6, 6.07) is 0. The number of carboxylic acid groups (broad SMARTS) is 2. The predicted octanol–water partition coefficient (Wildman–Crippen LogP) is -1.48. The Kier molecular flexibility index (Phi) is 4.22. The molecule has 1 aliphatic heterocycles. The highest BCUT2D eigenvalue weighted by Gasteiger charge is 2.42. The Hall–Kier alpha value is -2.42. The Bertz CT molecular complexity index is 456. The normalized spacial score (nSPS) is 17.1. The van der Waals surface area contributed by atoms with Gasteiger partial charge in [-0.25, -0.2) is 9.59 Å². The van der Waals surface area contributed by atoms with Crippen LogP contribution in [0.2, 0.25) is 0 Å². The number of aliphatic hydroxyl groups is 1. The van der Waals surface area contributed by atoms with Gasteiger partial charge in [0.15, 0.2) is 5.60 Å². The Morgan fingerprint density at radius 3 is 2.37 bits per heavy atom. The minimum atomic E-state index is -2.78. The highest BCUT2D eigenvalue weighted by Crippen LogP contribution is 2.18. The second-order valence-electron chi connectivity index (χ2n) is 3.85. The molecule has 0 aromatic rings. The fraction of sp³-hybridized carbons (Fsp3) is 0.400. The van der Waals surface area contributed by atoms with Crippen LogP contribution in [0.1, 0.15) is 12.8 Å². The molecule has 1 aliphatic rings. The van der Waals surface area contributed by atoms with E-state index in [1.165, 1.54) is 6.08 Å². The lowest BCUT2D eigenvalue weighted by atomic mass is 9.96. The average Bonchev–Trinajstić information content (AvgIpc) is 2.62. The standard InChI is InChI=1S/C10H11NO8/c12-6-2-1-3-11(6)19-8(15)5-10(18,9(16)17)4-7(13)14/h1-2,18H,3-5H2,(H,13,14)(H,16,17). The van der Waals surface area contributed by atoms with E-state index in [0.29, 0.717) is 5.06 Å². The summed E-state index contributed by atoms with van der Waals surface area (Å²) in [5.41, 5.74) is -2.78. The van der Waals surface area contributed by atoms with Crippen molar-refractivity contribution in [2.75, 3.05) is 6.54 Å². The summed E-state index contributed by atoms with van der Waals surface area (Å²) in [6.07, 6.45) is 0.312. The van der Waals surface area contributed by atoms with Crippen molar-refractivity contribution in [3.63, 3.8) is 0 Å². The van der Waals surface area contributed by atoms with Crippen LogP contribution in [0, 0.1) is 0 Å². The first-order valence-corrected chi connectivity index (χ1v) is 5.11. The van der Waals surface area contributed by atoms with Crippen LogP contribution >= 0.6 is 0 Å². The van der Waals surface area contributed by atoms with Crippen LogP contribution in [0.3, 0.4) is 0 Å². The quantitative estimate of drug-likeness (QED) is 0.532. The number of rotatable bonds is 6. The molecular formula is C10H11NO8. The highest BCUT2D eigenvalue weighted by molar-refractivity contribution is 5.91. The third kappa shape index (κ3) is 3.78. The lowest BCUT2D eigenvalue weighted by Crippen LogP contribution is -2.44. The molecule has 1 unspecified atom stereocenters. The van der Waals surface area contributed by atoms with E-state index >= 15 is 0 Å². The number of hydrogen-bond acceptors (Lipinski definition) is 6. The van der Waals surface area contributed by atoms with Crippen LogP contribution in [0.15, 0.2) is 12.2 Å². The number of aliphatic carboxylic acids is 2. The third-order valence-corrected chi connectivity index (χ3v) is 2.27. The lowest BCUT2D eigenvalue weighted by Gasteiger charge is -2.21. The van der Waals surface area contributed by atoms with Gasteiger partial charge < -0.3 is 20.2 Å². The molecule has 1 amide bonds. The predicted molar refractivity (Wildman–Crippen MR) is 56.4 cm³/mol. The maximum absolute atomic E-state index is 11.4. The number of carbonyl (C=O) groups excluding carboxylic acids is 2. The molecule has 104 valence electrons. The highest BCUT2D eigenvalue weighted by atomic mass is 16.7. The van der Waals surface area contributed by atoms with Gasteiger partial charge in [-0.1, -0.05) is 6.08 Å². The number of carboxylic acids is 2. The van der Waals surface area contributed by atoms with Gasteiger partial charge >= 0.3 is 17.9 Å². The second-order valence-corrected chi connectivity index (χ2v) is 3.85. The van der Waals surface area contributed by atoms with Gasteiger partial charge in [0, 0.05) is 6.08 Å². The van der Waals surface area contributed by atoms with Crippen molar-refractivity contribution in [1.82, 2.24) is 5.06 Å². The molecule has 0 aliphatic carbocycles. The minimum Gasteiger partial charge on any atom is -0.481 e. The summed E-state index contributed by atoms with van der Waals surface area (Å²) in [7, 11) is 0. The van der Waals surface area contributed by atoms with E-state index in [9.17, 15) is 24.3 Å². The molecule has 1 atom stereocenters. The van der Waals surface area contributed by atoms with Crippen LogP contribution in [0.5, 0.6) is 0 Å². The van der Waals surface area contributed by atoms with E-state index in [1.807, 2.05) is 0 Å². The van der Waals surface area contributed by atoms with Crippen molar-refractivity contribution in [2.24, 2.45) is 0 Å². The summed E-state index contributed by atoms with van der Waals surface area (Å²) in [5.74, 6) is -5.28. The van der Waals surface area contributed by atoms with Crippen molar-refractivity contribution in [3.05, 3.63) is 12.2 Å².